The van der Waals surface area contributed by atoms with E-state index in [1.807, 2.05) is 6.92 Å². The summed E-state index contributed by atoms with van der Waals surface area (Å²) in [4.78, 5) is 10.2. The summed E-state index contributed by atoms with van der Waals surface area (Å²) >= 11 is 0. The summed E-state index contributed by atoms with van der Waals surface area (Å²) in [6.45, 7) is 5.46. The zero-order valence-corrected chi connectivity index (χ0v) is 8.62. The molecule has 80 valence electrons. The summed E-state index contributed by atoms with van der Waals surface area (Å²) in [6, 6.07) is 0. The van der Waals surface area contributed by atoms with Crippen LogP contribution in [0.15, 0.2) is 12.2 Å². The fraction of sp³-hybridized carbons (Fsp3) is 0.700. The van der Waals surface area contributed by atoms with E-state index in [0.717, 1.165) is 19.1 Å². The van der Waals surface area contributed by atoms with Crippen molar-refractivity contribution in [3.05, 3.63) is 12.2 Å². The van der Waals surface area contributed by atoms with Gasteiger partial charge in [0.15, 0.2) is 0 Å². The molecule has 0 aromatic rings. The van der Waals surface area contributed by atoms with Gasteiger partial charge in [0, 0.05) is 24.8 Å². The standard InChI is InChI=1S/C10H17NO3/c1-8-10(2,5-7-14-8)11-6-3-4-9(12)13/h3-4,8,11H,5-7H2,1-2H3,(H,12,13)/b4-3+. The number of carbonyl (C=O) groups is 1. The van der Waals surface area contributed by atoms with Crippen molar-refractivity contribution < 1.29 is 14.6 Å². The molecule has 1 saturated heterocycles. The molecule has 2 atom stereocenters. The molecule has 1 heterocycles. The van der Waals surface area contributed by atoms with E-state index in [9.17, 15) is 4.79 Å². The number of ether oxygens (including phenoxy) is 1. The van der Waals surface area contributed by atoms with Gasteiger partial charge in [-0.3, -0.25) is 0 Å². The van der Waals surface area contributed by atoms with Crippen LogP contribution in [-0.4, -0.2) is 35.9 Å². The lowest BCUT2D eigenvalue weighted by molar-refractivity contribution is -0.131. The maximum Gasteiger partial charge on any atom is 0.328 e. The first-order valence-corrected chi connectivity index (χ1v) is 4.81. The average molecular weight is 199 g/mol. The Morgan fingerprint density at radius 1 is 1.79 bits per heavy atom. The summed E-state index contributed by atoms with van der Waals surface area (Å²) in [7, 11) is 0. The molecule has 4 heteroatoms. The van der Waals surface area contributed by atoms with Gasteiger partial charge in [0.25, 0.3) is 0 Å². The number of hydrogen-bond donors (Lipinski definition) is 2. The SMILES string of the molecule is CC1OCCC1(C)NC/C=C/C(=O)O. The minimum Gasteiger partial charge on any atom is -0.478 e. The van der Waals surface area contributed by atoms with Crippen molar-refractivity contribution in [2.75, 3.05) is 13.2 Å². The molecular weight excluding hydrogens is 182 g/mol. The van der Waals surface area contributed by atoms with E-state index in [1.165, 1.54) is 0 Å². The Labute approximate surface area is 83.9 Å². The molecule has 1 rings (SSSR count). The van der Waals surface area contributed by atoms with E-state index in [4.69, 9.17) is 9.84 Å². The fourth-order valence-corrected chi connectivity index (χ4v) is 1.52. The molecule has 0 aliphatic carbocycles. The molecule has 4 nitrogen and oxygen atoms in total. The monoisotopic (exact) mass is 199 g/mol. The average Bonchev–Trinajstić information content (AvgIpc) is 2.42. The number of carboxylic acids is 1. The lowest BCUT2D eigenvalue weighted by Crippen LogP contribution is -2.47. The van der Waals surface area contributed by atoms with Crippen molar-refractivity contribution >= 4 is 5.97 Å². The van der Waals surface area contributed by atoms with Gasteiger partial charge in [0.2, 0.25) is 0 Å². The first kappa shape index (κ1) is 11.2. The van der Waals surface area contributed by atoms with Gasteiger partial charge in [0.05, 0.1) is 6.10 Å². The molecule has 2 N–H and O–H groups in total. The molecule has 0 aromatic heterocycles. The van der Waals surface area contributed by atoms with Crippen molar-refractivity contribution in [1.29, 1.82) is 0 Å². The van der Waals surface area contributed by atoms with Crippen LogP contribution < -0.4 is 5.32 Å². The van der Waals surface area contributed by atoms with Gasteiger partial charge in [0.1, 0.15) is 0 Å². The van der Waals surface area contributed by atoms with Crippen molar-refractivity contribution in [2.24, 2.45) is 0 Å². The van der Waals surface area contributed by atoms with E-state index >= 15 is 0 Å². The van der Waals surface area contributed by atoms with Gasteiger partial charge >= 0.3 is 5.97 Å². The van der Waals surface area contributed by atoms with E-state index in [1.54, 1.807) is 6.08 Å². The van der Waals surface area contributed by atoms with Crippen LogP contribution in [0.25, 0.3) is 0 Å². The van der Waals surface area contributed by atoms with Crippen LogP contribution in [0.2, 0.25) is 0 Å². The van der Waals surface area contributed by atoms with Gasteiger partial charge in [-0.1, -0.05) is 6.08 Å². The first-order valence-electron chi connectivity index (χ1n) is 4.81. The third kappa shape index (κ3) is 2.82. The predicted octanol–water partition coefficient (Wildman–Crippen LogP) is 0.784. The van der Waals surface area contributed by atoms with E-state index in [-0.39, 0.29) is 11.6 Å². The second kappa shape index (κ2) is 4.57. The summed E-state index contributed by atoms with van der Waals surface area (Å²) in [6.07, 6.45) is 3.91. The number of aliphatic carboxylic acids is 1. The molecule has 0 bridgehead atoms. The molecule has 1 aliphatic heterocycles. The Morgan fingerprint density at radius 3 is 3.00 bits per heavy atom. The molecular formula is C10H17NO3. The van der Waals surface area contributed by atoms with Gasteiger partial charge < -0.3 is 15.2 Å². The summed E-state index contributed by atoms with van der Waals surface area (Å²) in [5.41, 5.74) is -0.0250. The Hall–Kier alpha value is -0.870. The van der Waals surface area contributed by atoms with Crippen molar-refractivity contribution in [3.63, 3.8) is 0 Å². The van der Waals surface area contributed by atoms with Gasteiger partial charge in [-0.25, -0.2) is 4.79 Å². The van der Waals surface area contributed by atoms with E-state index in [2.05, 4.69) is 12.2 Å². The predicted molar refractivity (Wildman–Crippen MR) is 53.2 cm³/mol. The van der Waals surface area contributed by atoms with Crippen LogP contribution in [0.1, 0.15) is 20.3 Å². The molecule has 1 aliphatic rings. The molecule has 0 spiro atoms. The van der Waals surface area contributed by atoms with Crippen LogP contribution in [0.3, 0.4) is 0 Å². The molecule has 1 fully saturated rings. The second-order valence-corrected chi connectivity index (χ2v) is 3.80. The molecule has 0 amide bonds. The smallest absolute Gasteiger partial charge is 0.328 e. The Kier molecular flexibility index (Phi) is 3.66. The molecule has 0 radical (unpaired) electrons. The zero-order valence-electron chi connectivity index (χ0n) is 8.62. The number of nitrogens with one attached hydrogen (secondary N) is 1. The van der Waals surface area contributed by atoms with Crippen LogP contribution in [-0.2, 0) is 9.53 Å². The maximum atomic E-state index is 10.2. The highest BCUT2D eigenvalue weighted by molar-refractivity contribution is 5.79. The highest BCUT2D eigenvalue weighted by Crippen LogP contribution is 2.24. The zero-order chi connectivity index (χ0) is 10.6. The first-order chi connectivity index (χ1) is 6.54. The Bertz CT molecular complexity index is 240. The van der Waals surface area contributed by atoms with E-state index < -0.39 is 5.97 Å². The molecule has 2 unspecified atom stereocenters. The molecule has 14 heavy (non-hydrogen) atoms. The molecule has 0 aromatic carbocycles. The summed E-state index contributed by atoms with van der Waals surface area (Å²) in [5.74, 6) is -0.910. The quantitative estimate of drug-likeness (QED) is 0.657. The van der Waals surface area contributed by atoms with Crippen molar-refractivity contribution in [3.8, 4) is 0 Å². The van der Waals surface area contributed by atoms with Crippen LogP contribution in [0, 0.1) is 0 Å². The fourth-order valence-electron chi connectivity index (χ4n) is 1.52. The van der Waals surface area contributed by atoms with Gasteiger partial charge in [-0.15, -0.1) is 0 Å². The Morgan fingerprint density at radius 2 is 2.50 bits per heavy atom. The van der Waals surface area contributed by atoms with Crippen molar-refractivity contribution in [1.82, 2.24) is 5.32 Å². The van der Waals surface area contributed by atoms with Gasteiger partial charge in [-0.05, 0) is 20.3 Å². The normalized spacial score (nSPS) is 32.6. The maximum absolute atomic E-state index is 10.2. The summed E-state index contributed by atoms with van der Waals surface area (Å²) in [5, 5.41) is 11.7. The highest BCUT2D eigenvalue weighted by Gasteiger charge is 2.35. The minimum atomic E-state index is -0.910. The third-order valence-electron chi connectivity index (χ3n) is 2.77. The number of carboxylic acid groups (broad SMARTS) is 1. The highest BCUT2D eigenvalue weighted by atomic mass is 16.5. The van der Waals surface area contributed by atoms with E-state index in [0.29, 0.717) is 6.54 Å². The second-order valence-electron chi connectivity index (χ2n) is 3.80. The van der Waals surface area contributed by atoms with Crippen LogP contribution in [0.4, 0.5) is 0 Å². The summed E-state index contributed by atoms with van der Waals surface area (Å²) < 4.78 is 5.44. The lowest BCUT2D eigenvalue weighted by atomic mass is 9.95. The van der Waals surface area contributed by atoms with Crippen LogP contribution >= 0.6 is 0 Å². The van der Waals surface area contributed by atoms with Crippen LogP contribution in [0.5, 0.6) is 0 Å². The largest absolute Gasteiger partial charge is 0.478 e. The topological polar surface area (TPSA) is 58.6 Å². The number of hydrogen-bond acceptors (Lipinski definition) is 3. The molecule has 0 saturated carbocycles. The lowest BCUT2D eigenvalue weighted by Gasteiger charge is -2.28. The Balaban J connectivity index is 2.33. The van der Waals surface area contributed by atoms with Gasteiger partial charge in [-0.2, -0.15) is 0 Å². The third-order valence-corrected chi connectivity index (χ3v) is 2.77. The number of rotatable bonds is 4. The van der Waals surface area contributed by atoms with Crippen molar-refractivity contribution in [2.45, 2.75) is 31.9 Å². The minimum absolute atomic E-state index is 0.0250.